The molecule has 0 aliphatic heterocycles. The number of carbonyl (C=O) groups is 1. The van der Waals surface area contributed by atoms with Crippen molar-refractivity contribution in [1.82, 2.24) is 0 Å². The molecule has 0 saturated heterocycles. The van der Waals surface area contributed by atoms with E-state index in [4.69, 9.17) is 9.47 Å². The molecule has 0 spiro atoms. The summed E-state index contributed by atoms with van der Waals surface area (Å²) >= 11 is 0. The van der Waals surface area contributed by atoms with E-state index in [2.05, 4.69) is 13.8 Å². The Hall–Kier alpha value is -1.71. The highest BCUT2D eigenvalue weighted by atomic mass is 16.5. The molecule has 0 aromatic heterocycles. The maximum absolute atomic E-state index is 11.4. The van der Waals surface area contributed by atoms with Crippen LogP contribution < -0.4 is 9.47 Å². The van der Waals surface area contributed by atoms with Gasteiger partial charge in [-0.1, -0.05) is 39.5 Å². The van der Waals surface area contributed by atoms with Gasteiger partial charge in [0.2, 0.25) is 0 Å². The summed E-state index contributed by atoms with van der Waals surface area (Å²) in [5.41, 5.74) is 0.906. The SMILES string of the molecule is CCCCCOc1cc(OCCCCC)c(C)c(C(=O)O)c1. The van der Waals surface area contributed by atoms with E-state index in [-0.39, 0.29) is 5.56 Å². The van der Waals surface area contributed by atoms with E-state index < -0.39 is 5.97 Å². The summed E-state index contributed by atoms with van der Waals surface area (Å²) in [5.74, 6) is 0.237. The second-order valence-electron chi connectivity index (χ2n) is 5.51. The molecular formula is C18H28O4. The Kier molecular flexibility index (Phi) is 8.41. The molecule has 0 fully saturated rings. The van der Waals surface area contributed by atoms with Crippen molar-refractivity contribution in [1.29, 1.82) is 0 Å². The van der Waals surface area contributed by atoms with Crippen molar-refractivity contribution in [3.8, 4) is 11.5 Å². The van der Waals surface area contributed by atoms with E-state index in [1.807, 2.05) is 0 Å². The average Bonchev–Trinajstić information content (AvgIpc) is 2.50. The molecule has 4 heteroatoms. The molecule has 0 amide bonds. The Bertz CT molecular complexity index is 468. The summed E-state index contributed by atoms with van der Waals surface area (Å²) in [6, 6.07) is 3.39. The van der Waals surface area contributed by atoms with Crippen molar-refractivity contribution < 1.29 is 19.4 Å². The van der Waals surface area contributed by atoms with Crippen molar-refractivity contribution in [2.45, 2.75) is 59.3 Å². The average molecular weight is 308 g/mol. The molecule has 0 atom stereocenters. The molecular weight excluding hydrogens is 280 g/mol. The van der Waals surface area contributed by atoms with Gasteiger partial charge >= 0.3 is 5.97 Å². The van der Waals surface area contributed by atoms with Crippen molar-refractivity contribution >= 4 is 5.97 Å². The molecule has 1 aromatic carbocycles. The topological polar surface area (TPSA) is 55.8 Å². The van der Waals surface area contributed by atoms with Crippen LogP contribution in [0.3, 0.4) is 0 Å². The Morgan fingerprint density at radius 3 is 2.14 bits per heavy atom. The number of rotatable bonds is 11. The van der Waals surface area contributed by atoms with Crippen LogP contribution in [0.5, 0.6) is 11.5 Å². The van der Waals surface area contributed by atoms with Crippen LogP contribution in [-0.4, -0.2) is 24.3 Å². The summed E-state index contributed by atoms with van der Waals surface area (Å²) in [5, 5.41) is 9.32. The van der Waals surface area contributed by atoms with Gasteiger partial charge in [-0.15, -0.1) is 0 Å². The van der Waals surface area contributed by atoms with Crippen molar-refractivity contribution in [2.24, 2.45) is 0 Å². The Balaban J connectivity index is 2.79. The van der Waals surface area contributed by atoms with Crippen LogP contribution in [0.4, 0.5) is 0 Å². The quantitative estimate of drug-likeness (QED) is 0.595. The molecule has 1 aromatic rings. The second kappa shape index (κ2) is 10.1. The summed E-state index contributed by atoms with van der Waals surface area (Å²) in [4.78, 5) is 11.4. The minimum atomic E-state index is -0.949. The van der Waals surface area contributed by atoms with Crippen LogP contribution in [0.2, 0.25) is 0 Å². The maximum Gasteiger partial charge on any atom is 0.336 e. The van der Waals surface area contributed by atoms with E-state index in [0.29, 0.717) is 30.3 Å². The smallest absolute Gasteiger partial charge is 0.336 e. The molecule has 124 valence electrons. The van der Waals surface area contributed by atoms with Gasteiger partial charge in [0.1, 0.15) is 11.5 Å². The summed E-state index contributed by atoms with van der Waals surface area (Å²) in [6.45, 7) is 7.26. The van der Waals surface area contributed by atoms with Crippen LogP contribution in [0.15, 0.2) is 12.1 Å². The lowest BCUT2D eigenvalue weighted by Crippen LogP contribution is -2.06. The third-order valence-electron chi connectivity index (χ3n) is 3.59. The van der Waals surface area contributed by atoms with Gasteiger partial charge in [-0.2, -0.15) is 0 Å². The van der Waals surface area contributed by atoms with Gasteiger partial charge in [0.15, 0.2) is 0 Å². The molecule has 22 heavy (non-hydrogen) atoms. The fourth-order valence-corrected chi connectivity index (χ4v) is 2.19. The van der Waals surface area contributed by atoms with Gasteiger partial charge in [-0.05, 0) is 25.8 Å². The first-order chi connectivity index (χ1) is 10.6. The summed E-state index contributed by atoms with van der Waals surface area (Å²) < 4.78 is 11.4. The number of carboxylic acids is 1. The number of benzene rings is 1. The van der Waals surface area contributed by atoms with Crippen molar-refractivity contribution in [3.63, 3.8) is 0 Å². The maximum atomic E-state index is 11.4. The predicted molar refractivity (Wildman–Crippen MR) is 88.2 cm³/mol. The molecule has 1 N–H and O–H groups in total. The van der Waals surface area contributed by atoms with E-state index in [1.165, 1.54) is 0 Å². The highest BCUT2D eigenvalue weighted by Crippen LogP contribution is 2.29. The minimum Gasteiger partial charge on any atom is -0.493 e. The fraction of sp³-hybridized carbons (Fsp3) is 0.611. The highest BCUT2D eigenvalue weighted by Gasteiger charge is 2.14. The Morgan fingerprint density at radius 2 is 1.59 bits per heavy atom. The standard InChI is InChI=1S/C18H28O4/c1-4-6-8-10-21-15-12-16(18(19)20)14(3)17(13-15)22-11-9-7-5-2/h12-13H,4-11H2,1-3H3,(H,19,20). The third-order valence-corrected chi connectivity index (χ3v) is 3.59. The number of unbranched alkanes of at least 4 members (excludes halogenated alkanes) is 4. The van der Waals surface area contributed by atoms with Crippen LogP contribution in [0.25, 0.3) is 0 Å². The lowest BCUT2D eigenvalue weighted by Gasteiger charge is -2.14. The van der Waals surface area contributed by atoms with Crippen LogP contribution in [0.1, 0.15) is 68.3 Å². The summed E-state index contributed by atoms with van der Waals surface area (Å²) in [7, 11) is 0. The number of carboxylic acid groups (broad SMARTS) is 1. The normalized spacial score (nSPS) is 10.5. The lowest BCUT2D eigenvalue weighted by atomic mass is 10.1. The zero-order valence-electron chi connectivity index (χ0n) is 14.0. The minimum absolute atomic E-state index is 0.249. The first kappa shape index (κ1) is 18.3. The Labute approximate surface area is 133 Å². The molecule has 4 nitrogen and oxygen atoms in total. The third kappa shape index (κ3) is 5.96. The van der Waals surface area contributed by atoms with Crippen molar-refractivity contribution in [2.75, 3.05) is 13.2 Å². The van der Waals surface area contributed by atoms with Crippen LogP contribution in [-0.2, 0) is 0 Å². The first-order valence-corrected chi connectivity index (χ1v) is 8.23. The van der Waals surface area contributed by atoms with Crippen molar-refractivity contribution in [3.05, 3.63) is 23.3 Å². The van der Waals surface area contributed by atoms with E-state index in [9.17, 15) is 9.90 Å². The van der Waals surface area contributed by atoms with Crippen LogP contribution in [0, 0.1) is 6.92 Å². The molecule has 0 bridgehead atoms. The second-order valence-corrected chi connectivity index (χ2v) is 5.51. The number of hydrogen-bond donors (Lipinski definition) is 1. The zero-order valence-corrected chi connectivity index (χ0v) is 14.0. The first-order valence-electron chi connectivity index (χ1n) is 8.23. The van der Waals surface area contributed by atoms with Gasteiger partial charge < -0.3 is 14.6 Å². The molecule has 0 radical (unpaired) electrons. The van der Waals surface area contributed by atoms with E-state index in [1.54, 1.807) is 19.1 Å². The van der Waals surface area contributed by atoms with E-state index in [0.717, 1.165) is 38.5 Å². The van der Waals surface area contributed by atoms with Gasteiger partial charge in [-0.3, -0.25) is 0 Å². The lowest BCUT2D eigenvalue weighted by molar-refractivity contribution is 0.0695. The summed E-state index contributed by atoms with van der Waals surface area (Å²) in [6.07, 6.45) is 6.42. The highest BCUT2D eigenvalue weighted by molar-refractivity contribution is 5.90. The number of hydrogen-bond acceptors (Lipinski definition) is 3. The van der Waals surface area contributed by atoms with Gasteiger partial charge in [-0.25, -0.2) is 4.79 Å². The van der Waals surface area contributed by atoms with Gasteiger partial charge in [0, 0.05) is 11.6 Å². The number of aromatic carboxylic acids is 1. The van der Waals surface area contributed by atoms with Crippen LogP contribution >= 0.6 is 0 Å². The fourth-order valence-electron chi connectivity index (χ4n) is 2.19. The molecule has 1 rings (SSSR count). The van der Waals surface area contributed by atoms with Gasteiger partial charge in [0.05, 0.1) is 18.8 Å². The molecule has 0 aliphatic rings. The zero-order chi connectivity index (χ0) is 16.4. The molecule has 0 heterocycles. The van der Waals surface area contributed by atoms with Gasteiger partial charge in [0.25, 0.3) is 0 Å². The molecule has 0 saturated carbocycles. The number of ether oxygens (including phenoxy) is 2. The predicted octanol–water partition coefficient (Wildman–Crippen LogP) is 4.83. The molecule has 0 aliphatic carbocycles. The van der Waals surface area contributed by atoms with E-state index >= 15 is 0 Å². The molecule has 0 unspecified atom stereocenters. The monoisotopic (exact) mass is 308 g/mol. The largest absolute Gasteiger partial charge is 0.493 e. The Morgan fingerprint density at radius 1 is 1.00 bits per heavy atom.